The van der Waals surface area contributed by atoms with E-state index in [0.717, 1.165) is 16.0 Å². The van der Waals surface area contributed by atoms with Crippen LogP contribution in [0.2, 0.25) is 5.02 Å². The molecule has 1 heterocycles. The molecule has 0 saturated carbocycles. The first kappa shape index (κ1) is 7.83. The number of hydrogen-bond donors (Lipinski definition) is 1. The van der Waals surface area contributed by atoms with Crippen LogP contribution in [0.5, 0.6) is 0 Å². The fourth-order valence-corrected chi connectivity index (χ4v) is 2.18. The van der Waals surface area contributed by atoms with Gasteiger partial charge in [-0.05, 0) is 18.2 Å². The number of anilines is 1. The topological polar surface area (TPSA) is 26.0 Å². The molecule has 2 N–H and O–H groups in total. The predicted octanol–water partition coefficient (Wildman–Crippen LogP) is 3.28. The minimum absolute atomic E-state index is 0.169. The number of nitrogen functional groups attached to an aromatic ring is 1. The van der Waals surface area contributed by atoms with E-state index in [9.17, 15) is 4.39 Å². The molecule has 0 atom stereocenters. The quantitative estimate of drug-likeness (QED) is 0.651. The largest absolute Gasteiger partial charge is 0.399 e. The first-order valence-electron chi connectivity index (χ1n) is 3.31. The molecule has 1 aromatic carbocycles. The Balaban J connectivity index is 2.88. The summed E-state index contributed by atoms with van der Waals surface area (Å²) in [5, 5.41) is 0.513. The highest BCUT2D eigenvalue weighted by Crippen LogP contribution is 2.34. The summed E-state index contributed by atoms with van der Waals surface area (Å²) in [5.41, 5.74) is 6.12. The van der Waals surface area contributed by atoms with Crippen LogP contribution in [0.1, 0.15) is 0 Å². The molecule has 1 nitrogen and oxygen atoms in total. The van der Waals surface area contributed by atoms with Crippen LogP contribution < -0.4 is 5.73 Å². The van der Waals surface area contributed by atoms with Crippen molar-refractivity contribution in [1.82, 2.24) is 0 Å². The van der Waals surface area contributed by atoms with E-state index in [1.165, 1.54) is 0 Å². The minimum atomic E-state index is -0.350. The van der Waals surface area contributed by atoms with Crippen LogP contribution in [0, 0.1) is 5.13 Å². The maximum absolute atomic E-state index is 12.9. The van der Waals surface area contributed by atoms with E-state index >= 15 is 0 Å². The van der Waals surface area contributed by atoms with Crippen LogP contribution >= 0.6 is 22.9 Å². The zero-order valence-corrected chi connectivity index (χ0v) is 7.55. The fraction of sp³-hybridized carbons (Fsp3) is 0. The third-order valence-corrected chi connectivity index (χ3v) is 3.05. The lowest BCUT2D eigenvalue weighted by molar-refractivity contribution is 0.658. The molecule has 62 valence electrons. The Morgan fingerprint density at radius 1 is 1.42 bits per heavy atom. The first-order valence-corrected chi connectivity index (χ1v) is 4.51. The van der Waals surface area contributed by atoms with E-state index in [2.05, 4.69) is 0 Å². The smallest absolute Gasteiger partial charge is 0.196 e. The molecule has 4 heteroatoms. The minimum Gasteiger partial charge on any atom is -0.399 e. The van der Waals surface area contributed by atoms with Crippen molar-refractivity contribution >= 4 is 38.7 Å². The van der Waals surface area contributed by atoms with Crippen molar-refractivity contribution in [2.75, 3.05) is 5.73 Å². The monoisotopic (exact) mass is 201 g/mol. The summed E-state index contributed by atoms with van der Waals surface area (Å²) < 4.78 is 13.7. The van der Waals surface area contributed by atoms with Crippen LogP contribution in [-0.4, -0.2) is 0 Å². The average molecular weight is 202 g/mol. The summed E-state index contributed by atoms with van der Waals surface area (Å²) in [5.74, 6) is 0. The van der Waals surface area contributed by atoms with Crippen LogP contribution in [0.25, 0.3) is 10.1 Å². The summed E-state index contributed by atoms with van der Waals surface area (Å²) in [7, 11) is 0. The summed E-state index contributed by atoms with van der Waals surface area (Å²) in [6.07, 6.45) is 0. The number of thiophene rings is 1. The van der Waals surface area contributed by atoms with Gasteiger partial charge in [0, 0.05) is 15.8 Å². The van der Waals surface area contributed by atoms with Crippen molar-refractivity contribution < 1.29 is 4.39 Å². The van der Waals surface area contributed by atoms with E-state index in [1.807, 2.05) is 0 Å². The van der Waals surface area contributed by atoms with Gasteiger partial charge in [-0.2, -0.15) is 4.39 Å². The standard InChI is InChI=1S/C8H5ClFNS/c9-7-5-3-4(11)1-2-6(5)12-8(7)10/h1-3H,11H2. The molecule has 0 aliphatic heterocycles. The Bertz CT molecular complexity index is 438. The highest BCUT2D eigenvalue weighted by molar-refractivity contribution is 7.18. The SMILES string of the molecule is Nc1ccc2sc(F)c(Cl)c2c1. The van der Waals surface area contributed by atoms with Gasteiger partial charge in [-0.3, -0.25) is 0 Å². The molecule has 0 radical (unpaired) electrons. The van der Waals surface area contributed by atoms with E-state index < -0.39 is 0 Å². The van der Waals surface area contributed by atoms with Gasteiger partial charge in [0.25, 0.3) is 0 Å². The van der Waals surface area contributed by atoms with E-state index in [0.29, 0.717) is 11.1 Å². The maximum Gasteiger partial charge on any atom is 0.196 e. The molecule has 1 aromatic heterocycles. The van der Waals surface area contributed by atoms with Crippen molar-refractivity contribution in [1.29, 1.82) is 0 Å². The summed E-state index contributed by atoms with van der Waals surface area (Å²) >= 11 is 6.73. The number of halogens is 2. The third-order valence-electron chi connectivity index (χ3n) is 1.61. The Hall–Kier alpha value is -0.800. The van der Waals surface area contributed by atoms with Crippen molar-refractivity contribution in [2.24, 2.45) is 0 Å². The number of nitrogens with two attached hydrogens (primary N) is 1. The summed E-state index contributed by atoms with van der Waals surface area (Å²) in [6, 6.07) is 5.18. The van der Waals surface area contributed by atoms with Gasteiger partial charge in [-0.15, -0.1) is 11.3 Å². The van der Waals surface area contributed by atoms with Crippen LogP contribution in [0.3, 0.4) is 0 Å². The first-order chi connectivity index (χ1) is 5.68. The number of hydrogen-bond acceptors (Lipinski definition) is 2. The van der Waals surface area contributed by atoms with Gasteiger partial charge in [0.05, 0.1) is 5.02 Å². The molecule has 0 bridgehead atoms. The number of rotatable bonds is 0. The van der Waals surface area contributed by atoms with Gasteiger partial charge in [0.15, 0.2) is 5.13 Å². The van der Waals surface area contributed by atoms with Crippen LogP contribution in [0.4, 0.5) is 10.1 Å². The average Bonchev–Trinajstić information content (AvgIpc) is 2.31. The molecule has 0 aliphatic rings. The van der Waals surface area contributed by atoms with E-state index in [1.54, 1.807) is 18.2 Å². The van der Waals surface area contributed by atoms with Crippen molar-refractivity contribution in [2.45, 2.75) is 0 Å². The van der Waals surface area contributed by atoms with Gasteiger partial charge in [-0.1, -0.05) is 11.6 Å². The second-order valence-electron chi connectivity index (χ2n) is 2.45. The molecular weight excluding hydrogens is 197 g/mol. The van der Waals surface area contributed by atoms with Gasteiger partial charge < -0.3 is 5.73 Å². The van der Waals surface area contributed by atoms with Crippen molar-refractivity contribution in [3.63, 3.8) is 0 Å². The van der Waals surface area contributed by atoms with E-state index in [4.69, 9.17) is 17.3 Å². The highest BCUT2D eigenvalue weighted by Gasteiger charge is 2.08. The normalized spacial score (nSPS) is 10.8. The highest BCUT2D eigenvalue weighted by atomic mass is 35.5. The Morgan fingerprint density at radius 3 is 2.92 bits per heavy atom. The molecule has 12 heavy (non-hydrogen) atoms. The van der Waals surface area contributed by atoms with Gasteiger partial charge >= 0.3 is 0 Å². The summed E-state index contributed by atoms with van der Waals surface area (Å²) in [4.78, 5) is 0. The van der Waals surface area contributed by atoms with Crippen molar-refractivity contribution in [3.05, 3.63) is 28.4 Å². The lowest BCUT2D eigenvalue weighted by Gasteiger charge is -1.91. The zero-order valence-electron chi connectivity index (χ0n) is 5.97. The number of fused-ring (bicyclic) bond motifs is 1. The second kappa shape index (κ2) is 2.61. The Kier molecular flexibility index (Phi) is 1.70. The molecule has 0 saturated heterocycles. The van der Waals surface area contributed by atoms with Gasteiger partial charge in [0.1, 0.15) is 0 Å². The molecular formula is C8H5ClFNS. The lowest BCUT2D eigenvalue weighted by atomic mass is 10.2. The zero-order chi connectivity index (χ0) is 8.72. The Labute approximate surface area is 77.6 Å². The Morgan fingerprint density at radius 2 is 2.17 bits per heavy atom. The van der Waals surface area contributed by atoms with Crippen LogP contribution in [0.15, 0.2) is 18.2 Å². The predicted molar refractivity (Wildman–Crippen MR) is 51.2 cm³/mol. The van der Waals surface area contributed by atoms with E-state index in [-0.39, 0.29) is 10.2 Å². The molecule has 0 unspecified atom stereocenters. The molecule has 2 rings (SSSR count). The van der Waals surface area contributed by atoms with Gasteiger partial charge in [-0.25, -0.2) is 0 Å². The maximum atomic E-state index is 12.9. The number of benzene rings is 1. The van der Waals surface area contributed by atoms with Crippen molar-refractivity contribution in [3.8, 4) is 0 Å². The molecule has 0 amide bonds. The molecule has 2 aromatic rings. The van der Waals surface area contributed by atoms with Gasteiger partial charge in [0.2, 0.25) is 0 Å². The molecule has 0 aliphatic carbocycles. The second-order valence-corrected chi connectivity index (χ2v) is 3.83. The van der Waals surface area contributed by atoms with Crippen LogP contribution in [-0.2, 0) is 0 Å². The molecule has 0 spiro atoms. The molecule has 0 fully saturated rings. The summed E-state index contributed by atoms with van der Waals surface area (Å²) in [6.45, 7) is 0. The third kappa shape index (κ3) is 1.06. The lowest BCUT2D eigenvalue weighted by Crippen LogP contribution is -1.81. The fourth-order valence-electron chi connectivity index (χ4n) is 1.06.